The molecule has 0 aromatic rings. The summed E-state index contributed by atoms with van der Waals surface area (Å²) in [5.41, 5.74) is 0.607. The van der Waals surface area contributed by atoms with Gasteiger partial charge in [0.25, 0.3) is 0 Å². The molecular formula is C35H68O2. The summed E-state index contributed by atoms with van der Waals surface area (Å²) < 4.78 is 0. The van der Waals surface area contributed by atoms with Crippen molar-refractivity contribution in [2.45, 2.75) is 161 Å². The van der Waals surface area contributed by atoms with Crippen molar-refractivity contribution in [3.8, 4) is 0 Å². The number of aliphatic hydroxyl groups excluding tert-OH is 2. The lowest BCUT2D eigenvalue weighted by molar-refractivity contribution is -0.143. The van der Waals surface area contributed by atoms with Gasteiger partial charge in [-0.2, -0.15) is 0 Å². The average molecular weight is 521 g/mol. The van der Waals surface area contributed by atoms with Gasteiger partial charge in [0.05, 0.1) is 12.2 Å². The van der Waals surface area contributed by atoms with Gasteiger partial charge in [-0.1, -0.05) is 116 Å². The molecule has 0 saturated heterocycles. The van der Waals surface area contributed by atoms with Gasteiger partial charge in [0.2, 0.25) is 0 Å². The maximum Gasteiger partial charge on any atom is 0.0606 e. The fourth-order valence-corrected chi connectivity index (χ4v) is 8.57. The first-order valence-corrected chi connectivity index (χ1v) is 15.9. The molecule has 2 aliphatic rings. The van der Waals surface area contributed by atoms with Crippen LogP contribution in [0.4, 0.5) is 0 Å². The molecule has 0 amide bonds. The van der Waals surface area contributed by atoms with Gasteiger partial charge in [-0.3, -0.25) is 0 Å². The van der Waals surface area contributed by atoms with Gasteiger partial charge in [0, 0.05) is 0 Å². The predicted octanol–water partition coefficient (Wildman–Crippen LogP) is 9.76. The second-order valence-electron chi connectivity index (χ2n) is 18.2. The molecule has 0 heterocycles. The molecule has 0 radical (unpaired) electrons. The van der Waals surface area contributed by atoms with Gasteiger partial charge in [-0.05, 0) is 94.7 Å². The second kappa shape index (κ2) is 11.4. The first-order chi connectivity index (χ1) is 16.5. The lowest BCUT2D eigenvalue weighted by Gasteiger charge is -2.59. The van der Waals surface area contributed by atoms with Gasteiger partial charge >= 0.3 is 0 Å². The number of rotatable bonds is 6. The van der Waals surface area contributed by atoms with Crippen molar-refractivity contribution in [3.05, 3.63) is 0 Å². The van der Waals surface area contributed by atoms with Crippen LogP contribution in [0.5, 0.6) is 0 Å². The third-order valence-electron chi connectivity index (χ3n) is 11.4. The molecule has 37 heavy (non-hydrogen) atoms. The molecule has 2 heteroatoms. The molecule has 4 atom stereocenters. The van der Waals surface area contributed by atoms with Crippen LogP contribution in [0.15, 0.2) is 0 Å². The van der Waals surface area contributed by atoms with Crippen molar-refractivity contribution in [2.75, 3.05) is 0 Å². The Balaban J connectivity index is 2.60. The summed E-state index contributed by atoms with van der Waals surface area (Å²) in [5.74, 6) is 2.53. The maximum absolute atomic E-state index is 11.7. The van der Waals surface area contributed by atoms with Crippen molar-refractivity contribution < 1.29 is 10.2 Å². The topological polar surface area (TPSA) is 40.5 Å². The van der Waals surface area contributed by atoms with E-state index in [-0.39, 0.29) is 39.3 Å². The van der Waals surface area contributed by atoms with Crippen LogP contribution in [-0.4, -0.2) is 22.4 Å². The van der Waals surface area contributed by atoms with Crippen LogP contribution in [0.3, 0.4) is 0 Å². The van der Waals surface area contributed by atoms with Gasteiger partial charge < -0.3 is 10.2 Å². The number of hydrogen-bond donors (Lipinski definition) is 2. The first-order valence-electron chi connectivity index (χ1n) is 15.9. The zero-order chi connectivity index (χ0) is 28.8. The summed E-state index contributed by atoms with van der Waals surface area (Å²) >= 11 is 0. The average Bonchev–Trinajstić information content (AvgIpc) is 2.70. The van der Waals surface area contributed by atoms with E-state index in [0.717, 1.165) is 25.7 Å². The second-order valence-corrected chi connectivity index (χ2v) is 18.2. The van der Waals surface area contributed by atoms with E-state index < -0.39 is 0 Å². The highest BCUT2D eigenvalue weighted by atomic mass is 16.3. The van der Waals surface area contributed by atoms with Crippen LogP contribution in [0.2, 0.25) is 0 Å². The minimum Gasteiger partial charge on any atom is -0.393 e. The van der Waals surface area contributed by atoms with Crippen molar-refractivity contribution >= 4 is 0 Å². The highest BCUT2D eigenvalue weighted by Crippen LogP contribution is 2.61. The smallest absolute Gasteiger partial charge is 0.0606 e. The summed E-state index contributed by atoms with van der Waals surface area (Å²) in [6, 6.07) is 0. The van der Waals surface area contributed by atoms with Crippen LogP contribution in [0.25, 0.3) is 0 Å². The van der Waals surface area contributed by atoms with E-state index in [0.29, 0.717) is 35.5 Å². The molecule has 0 aromatic carbocycles. The fraction of sp³-hybridized carbons (Fsp3) is 1.00. The Hall–Kier alpha value is -0.0800. The van der Waals surface area contributed by atoms with Gasteiger partial charge in [-0.15, -0.1) is 0 Å². The van der Waals surface area contributed by atoms with Gasteiger partial charge in [-0.25, -0.2) is 0 Å². The van der Waals surface area contributed by atoms with E-state index in [1.165, 1.54) is 25.7 Å². The standard InChI is InChI=1S/C35H68O2/c1-15-16-17-18-35(14,23-19-25(31(2,3)4)29(36)26(20-23)32(5,6)7)24-21-27(33(8,9)10)30(37)28(22-24)34(11,12)13/h23-30,36-37H,15-22H2,1-14H3. The van der Waals surface area contributed by atoms with E-state index in [2.05, 4.69) is 96.9 Å². The van der Waals surface area contributed by atoms with E-state index in [9.17, 15) is 10.2 Å². The predicted molar refractivity (Wildman–Crippen MR) is 161 cm³/mol. The van der Waals surface area contributed by atoms with E-state index in [1.807, 2.05) is 0 Å². The number of aliphatic hydroxyl groups is 2. The van der Waals surface area contributed by atoms with Crippen molar-refractivity contribution in [1.29, 1.82) is 0 Å². The summed E-state index contributed by atoms with van der Waals surface area (Å²) in [4.78, 5) is 0. The van der Waals surface area contributed by atoms with Crippen LogP contribution < -0.4 is 0 Å². The Morgan fingerprint density at radius 2 is 0.757 bits per heavy atom. The van der Waals surface area contributed by atoms with Crippen molar-refractivity contribution in [2.24, 2.45) is 62.6 Å². The first kappa shape index (κ1) is 33.1. The zero-order valence-corrected chi connectivity index (χ0v) is 27.7. The zero-order valence-electron chi connectivity index (χ0n) is 27.7. The summed E-state index contributed by atoms with van der Waals surface area (Å²) in [6.07, 6.45) is 9.24. The Morgan fingerprint density at radius 1 is 0.486 bits per heavy atom. The lowest BCUT2D eigenvalue weighted by Crippen LogP contribution is -2.55. The van der Waals surface area contributed by atoms with E-state index >= 15 is 0 Å². The maximum atomic E-state index is 11.7. The Kier molecular flexibility index (Phi) is 10.2. The molecule has 2 N–H and O–H groups in total. The molecule has 0 bridgehead atoms. The summed E-state index contributed by atoms with van der Waals surface area (Å²) in [7, 11) is 0. The summed E-state index contributed by atoms with van der Waals surface area (Å²) in [6.45, 7) is 33.1. The molecule has 2 nitrogen and oxygen atoms in total. The quantitative estimate of drug-likeness (QED) is 0.342. The van der Waals surface area contributed by atoms with Crippen LogP contribution in [-0.2, 0) is 0 Å². The van der Waals surface area contributed by atoms with E-state index in [4.69, 9.17) is 0 Å². The molecule has 0 aromatic heterocycles. The highest BCUT2D eigenvalue weighted by Gasteiger charge is 2.55. The molecule has 0 aliphatic heterocycles. The molecule has 2 fully saturated rings. The van der Waals surface area contributed by atoms with Gasteiger partial charge in [0.15, 0.2) is 0 Å². The minimum absolute atomic E-state index is 0.0938. The molecular weight excluding hydrogens is 452 g/mol. The lowest BCUT2D eigenvalue weighted by atomic mass is 9.47. The summed E-state index contributed by atoms with van der Waals surface area (Å²) in [5, 5.41) is 23.4. The third kappa shape index (κ3) is 7.56. The normalized spacial score (nSPS) is 36.3. The van der Waals surface area contributed by atoms with Crippen LogP contribution in [0.1, 0.15) is 148 Å². The minimum atomic E-state index is -0.228. The Bertz CT molecular complexity index is 608. The van der Waals surface area contributed by atoms with Crippen molar-refractivity contribution in [3.63, 3.8) is 0 Å². The monoisotopic (exact) mass is 521 g/mol. The fourth-order valence-electron chi connectivity index (χ4n) is 8.57. The molecule has 2 saturated carbocycles. The molecule has 4 unspecified atom stereocenters. The SMILES string of the molecule is CCCCCC(C)(C1CC(C(C)(C)C)C(O)C(C(C)(C)C)C1)C1CC(C(C)(C)C)C(O)C(C(C)(C)C)C1. The molecule has 0 spiro atoms. The van der Waals surface area contributed by atoms with Crippen molar-refractivity contribution in [1.82, 2.24) is 0 Å². The van der Waals surface area contributed by atoms with E-state index in [1.54, 1.807) is 0 Å². The largest absolute Gasteiger partial charge is 0.393 e. The molecule has 2 rings (SSSR count). The van der Waals surface area contributed by atoms with Gasteiger partial charge in [0.1, 0.15) is 0 Å². The molecule has 220 valence electrons. The number of hydrogen-bond acceptors (Lipinski definition) is 2. The Labute approximate surface area is 233 Å². The number of unbranched alkanes of at least 4 members (excludes halogenated alkanes) is 2. The molecule has 2 aliphatic carbocycles. The van der Waals surface area contributed by atoms with Crippen LogP contribution in [0, 0.1) is 62.6 Å². The third-order valence-corrected chi connectivity index (χ3v) is 11.4. The highest BCUT2D eigenvalue weighted by molar-refractivity contribution is 5.05. The van der Waals surface area contributed by atoms with Crippen LogP contribution >= 0.6 is 0 Å². The Morgan fingerprint density at radius 3 is 0.973 bits per heavy atom.